The average molecular weight is 278 g/mol. The molecule has 3 heteroatoms. The fourth-order valence-corrected chi connectivity index (χ4v) is 2.10. The van der Waals surface area contributed by atoms with Crippen molar-refractivity contribution in [2.75, 3.05) is 5.32 Å². The van der Waals surface area contributed by atoms with Crippen LogP contribution in [0.3, 0.4) is 0 Å². The molecule has 0 saturated carbocycles. The van der Waals surface area contributed by atoms with E-state index in [0.717, 1.165) is 18.5 Å². The lowest BCUT2D eigenvalue weighted by molar-refractivity contribution is 0.613. The molecular weight excluding hydrogens is 261 g/mol. The molecule has 0 fully saturated rings. The lowest BCUT2D eigenvalue weighted by Gasteiger charge is -2.08. The van der Waals surface area contributed by atoms with Gasteiger partial charge in [0, 0.05) is 22.8 Å². The SMILES string of the molecule is CCCc1ccc(NCc2ccc(Cl)cc2F)cc1. The number of nitrogens with one attached hydrogen (secondary N) is 1. The summed E-state index contributed by atoms with van der Waals surface area (Å²) in [5.74, 6) is -0.275. The van der Waals surface area contributed by atoms with Gasteiger partial charge < -0.3 is 5.32 Å². The molecule has 0 bridgehead atoms. The number of rotatable bonds is 5. The Balaban J connectivity index is 1.98. The third-order valence-electron chi connectivity index (χ3n) is 2.99. The Hall–Kier alpha value is -1.54. The molecule has 0 aromatic heterocycles. The number of halogens is 2. The van der Waals surface area contributed by atoms with Gasteiger partial charge in [-0.3, -0.25) is 0 Å². The molecule has 0 heterocycles. The molecule has 100 valence electrons. The Labute approximate surface area is 118 Å². The second kappa shape index (κ2) is 6.58. The molecule has 2 rings (SSSR count). The molecule has 0 saturated heterocycles. The molecule has 2 aromatic carbocycles. The van der Waals surface area contributed by atoms with E-state index < -0.39 is 0 Å². The summed E-state index contributed by atoms with van der Waals surface area (Å²) in [6, 6.07) is 13.0. The minimum atomic E-state index is -0.275. The number of hydrogen-bond acceptors (Lipinski definition) is 1. The van der Waals surface area contributed by atoms with E-state index in [9.17, 15) is 4.39 Å². The summed E-state index contributed by atoms with van der Waals surface area (Å²) < 4.78 is 13.6. The van der Waals surface area contributed by atoms with E-state index in [-0.39, 0.29) is 5.82 Å². The number of hydrogen-bond donors (Lipinski definition) is 1. The molecular formula is C16H17ClFN. The Morgan fingerprint density at radius 2 is 1.84 bits per heavy atom. The lowest BCUT2D eigenvalue weighted by Crippen LogP contribution is -2.01. The summed E-state index contributed by atoms with van der Waals surface area (Å²) in [5.41, 5.74) is 2.93. The third kappa shape index (κ3) is 3.97. The lowest BCUT2D eigenvalue weighted by atomic mass is 10.1. The van der Waals surface area contributed by atoms with Crippen molar-refractivity contribution in [2.24, 2.45) is 0 Å². The monoisotopic (exact) mass is 277 g/mol. The summed E-state index contributed by atoms with van der Waals surface area (Å²) in [4.78, 5) is 0. The highest BCUT2D eigenvalue weighted by Crippen LogP contribution is 2.17. The highest BCUT2D eigenvalue weighted by molar-refractivity contribution is 6.30. The molecule has 1 nitrogen and oxygen atoms in total. The Bertz CT molecular complexity index is 537. The van der Waals surface area contributed by atoms with Crippen LogP contribution in [0.2, 0.25) is 5.02 Å². The van der Waals surface area contributed by atoms with E-state index in [1.807, 2.05) is 12.1 Å². The molecule has 0 unspecified atom stereocenters. The molecule has 2 aromatic rings. The Morgan fingerprint density at radius 1 is 1.11 bits per heavy atom. The van der Waals surface area contributed by atoms with E-state index in [0.29, 0.717) is 17.1 Å². The van der Waals surface area contributed by atoms with Crippen LogP contribution < -0.4 is 5.32 Å². The smallest absolute Gasteiger partial charge is 0.129 e. The van der Waals surface area contributed by atoms with Gasteiger partial charge in [-0.2, -0.15) is 0 Å². The van der Waals surface area contributed by atoms with Gasteiger partial charge in [-0.25, -0.2) is 4.39 Å². The van der Waals surface area contributed by atoms with Crippen LogP contribution in [0.4, 0.5) is 10.1 Å². The zero-order chi connectivity index (χ0) is 13.7. The van der Waals surface area contributed by atoms with Crippen molar-refractivity contribution in [1.29, 1.82) is 0 Å². The maximum absolute atomic E-state index is 13.6. The Kier molecular flexibility index (Phi) is 4.80. The van der Waals surface area contributed by atoms with Crippen LogP contribution in [0.1, 0.15) is 24.5 Å². The normalized spacial score (nSPS) is 10.5. The summed E-state index contributed by atoms with van der Waals surface area (Å²) in [5, 5.41) is 3.63. The summed E-state index contributed by atoms with van der Waals surface area (Å²) in [6.07, 6.45) is 2.23. The van der Waals surface area contributed by atoms with Crippen LogP contribution in [-0.2, 0) is 13.0 Å². The molecule has 0 radical (unpaired) electrons. The van der Waals surface area contributed by atoms with Gasteiger partial charge in [0.2, 0.25) is 0 Å². The highest BCUT2D eigenvalue weighted by atomic mass is 35.5. The van der Waals surface area contributed by atoms with Gasteiger partial charge in [0.15, 0.2) is 0 Å². The molecule has 0 amide bonds. The molecule has 1 N–H and O–H groups in total. The van der Waals surface area contributed by atoms with Crippen LogP contribution in [0.5, 0.6) is 0 Å². The molecule has 19 heavy (non-hydrogen) atoms. The van der Waals surface area contributed by atoms with Crippen molar-refractivity contribution in [2.45, 2.75) is 26.3 Å². The maximum Gasteiger partial charge on any atom is 0.129 e. The number of benzene rings is 2. The fraction of sp³-hybridized carbons (Fsp3) is 0.250. The van der Waals surface area contributed by atoms with Crippen molar-refractivity contribution in [3.05, 3.63) is 64.4 Å². The van der Waals surface area contributed by atoms with Crippen LogP contribution in [0.25, 0.3) is 0 Å². The fourth-order valence-electron chi connectivity index (χ4n) is 1.94. The molecule has 0 aliphatic rings. The van der Waals surface area contributed by atoms with E-state index in [2.05, 4.69) is 24.4 Å². The first-order chi connectivity index (χ1) is 9.19. The van der Waals surface area contributed by atoms with Crippen molar-refractivity contribution < 1.29 is 4.39 Å². The number of anilines is 1. The van der Waals surface area contributed by atoms with Crippen LogP contribution in [-0.4, -0.2) is 0 Å². The topological polar surface area (TPSA) is 12.0 Å². The zero-order valence-electron chi connectivity index (χ0n) is 10.9. The van der Waals surface area contributed by atoms with Gasteiger partial charge in [0.25, 0.3) is 0 Å². The van der Waals surface area contributed by atoms with Gasteiger partial charge in [-0.15, -0.1) is 0 Å². The van der Waals surface area contributed by atoms with Crippen molar-refractivity contribution in [1.82, 2.24) is 0 Å². The van der Waals surface area contributed by atoms with Gasteiger partial charge in [-0.05, 0) is 36.2 Å². The van der Waals surface area contributed by atoms with Gasteiger partial charge in [0.1, 0.15) is 5.82 Å². The molecule has 0 atom stereocenters. The first-order valence-electron chi connectivity index (χ1n) is 6.46. The maximum atomic E-state index is 13.6. The Morgan fingerprint density at radius 3 is 2.47 bits per heavy atom. The minimum Gasteiger partial charge on any atom is -0.381 e. The molecule has 0 aliphatic heterocycles. The average Bonchev–Trinajstić information content (AvgIpc) is 2.40. The van der Waals surface area contributed by atoms with Gasteiger partial charge >= 0.3 is 0 Å². The third-order valence-corrected chi connectivity index (χ3v) is 3.23. The van der Waals surface area contributed by atoms with Crippen LogP contribution in [0, 0.1) is 5.82 Å². The largest absolute Gasteiger partial charge is 0.381 e. The van der Waals surface area contributed by atoms with Crippen LogP contribution in [0.15, 0.2) is 42.5 Å². The zero-order valence-corrected chi connectivity index (χ0v) is 11.7. The highest BCUT2D eigenvalue weighted by Gasteiger charge is 2.02. The van der Waals surface area contributed by atoms with E-state index >= 15 is 0 Å². The van der Waals surface area contributed by atoms with E-state index in [1.54, 1.807) is 12.1 Å². The summed E-state index contributed by atoms with van der Waals surface area (Å²) in [7, 11) is 0. The van der Waals surface area contributed by atoms with Gasteiger partial charge in [-0.1, -0.05) is 43.1 Å². The van der Waals surface area contributed by atoms with Crippen molar-refractivity contribution >= 4 is 17.3 Å². The van der Waals surface area contributed by atoms with Gasteiger partial charge in [0.05, 0.1) is 0 Å². The number of aryl methyl sites for hydroxylation is 1. The first kappa shape index (κ1) is 13.9. The predicted octanol–water partition coefficient (Wildman–Crippen LogP) is 5.04. The van der Waals surface area contributed by atoms with Crippen LogP contribution >= 0.6 is 11.6 Å². The summed E-state index contributed by atoms with van der Waals surface area (Å²) in [6.45, 7) is 2.62. The second-order valence-electron chi connectivity index (χ2n) is 4.54. The first-order valence-corrected chi connectivity index (χ1v) is 6.83. The van der Waals surface area contributed by atoms with E-state index in [4.69, 9.17) is 11.6 Å². The van der Waals surface area contributed by atoms with Crippen molar-refractivity contribution in [3.8, 4) is 0 Å². The molecule has 0 spiro atoms. The molecule has 0 aliphatic carbocycles. The summed E-state index contributed by atoms with van der Waals surface area (Å²) >= 11 is 5.72. The van der Waals surface area contributed by atoms with Crippen molar-refractivity contribution in [3.63, 3.8) is 0 Å². The second-order valence-corrected chi connectivity index (χ2v) is 4.97. The minimum absolute atomic E-state index is 0.275. The predicted molar refractivity (Wildman–Crippen MR) is 79.2 cm³/mol. The standard InChI is InChI=1S/C16H17ClFN/c1-2-3-12-4-8-15(9-5-12)19-11-13-6-7-14(17)10-16(13)18/h4-10,19H,2-3,11H2,1H3. The van der Waals surface area contributed by atoms with E-state index in [1.165, 1.54) is 11.6 Å². The quantitative estimate of drug-likeness (QED) is 0.807.